The first kappa shape index (κ1) is 21.4. The number of hydrogen-bond acceptors (Lipinski definition) is 8. The molecule has 0 aliphatic carbocycles. The Kier molecular flexibility index (Phi) is 5.61. The molecule has 4 aromatic heterocycles. The average molecular weight is 461 g/mol. The lowest BCUT2D eigenvalue weighted by Gasteiger charge is -2.25. The van der Waals surface area contributed by atoms with Gasteiger partial charge in [0, 0.05) is 18.7 Å². The molecule has 32 heavy (non-hydrogen) atoms. The molecular formula is C19H15ClF2N8O2. The average Bonchev–Trinajstić information content (AvgIpc) is 3.41. The number of aromatic nitrogens is 7. The molecule has 1 atom stereocenters. The van der Waals surface area contributed by atoms with Gasteiger partial charge in [0.15, 0.2) is 11.6 Å². The molecule has 164 valence electrons. The van der Waals surface area contributed by atoms with Gasteiger partial charge >= 0.3 is 0 Å². The Balaban J connectivity index is 1.58. The number of carbonyl (C=O) groups is 1. The molecule has 0 bridgehead atoms. The molecular weight excluding hydrogens is 446 g/mol. The summed E-state index contributed by atoms with van der Waals surface area (Å²) in [6, 6.07) is 6.92. The van der Waals surface area contributed by atoms with E-state index < -0.39 is 23.0 Å². The third kappa shape index (κ3) is 4.17. The zero-order valence-corrected chi connectivity index (χ0v) is 17.5. The maximum absolute atomic E-state index is 13.9. The van der Waals surface area contributed by atoms with Crippen LogP contribution in [0, 0.1) is 11.6 Å². The van der Waals surface area contributed by atoms with E-state index in [1.165, 1.54) is 10.9 Å². The van der Waals surface area contributed by atoms with E-state index in [1.807, 2.05) is 0 Å². The predicted octanol–water partition coefficient (Wildman–Crippen LogP) is 2.32. The first-order valence-electron chi connectivity index (χ1n) is 9.20. The SMILES string of the molecule is Cn1nnc(C(C)(CNC(=O)c2cc(-c3ncc(F)cc3F)no2)c2cccc(Cl)n2)n1. The smallest absolute Gasteiger partial charge is 0.289 e. The Bertz CT molecular complexity index is 1290. The molecule has 1 unspecified atom stereocenters. The summed E-state index contributed by atoms with van der Waals surface area (Å²) in [6.07, 6.45) is 0.837. The van der Waals surface area contributed by atoms with Crippen LogP contribution in [-0.2, 0) is 12.5 Å². The highest BCUT2D eigenvalue weighted by atomic mass is 35.5. The van der Waals surface area contributed by atoms with Crippen LogP contribution < -0.4 is 5.32 Å². The zero-order valence-electron chi connectivity index (χ0n) is 16.8. The summed E-state index contributed by atoms with van der Waals surface area (Å²) in [5.41, 5.74) is -0.773. The third-order valence-electron chi connectivity index (χ3n) is 4.67. The molecule has 4 heterocycles. The van der Waals surface area contributed by atoms with Gasteiger partial charge in [-0.25, -0.2) is 18.7 Å². The van der Waals surface area contributed by atoms with Crippen molar-refractivity contribution >= 4 is 17.5 Å². The summed E-state index contributed by atoms with van der Waals surface area (Å²) in [7, 11) is 1.61. The van der Waals surface area contributed by atoms with Gasteiger partial charge in [0.1, 0.15) is 22.4 Å². The van der Waals surface area contributed by atoms with E-state index in [-0.39, 0.29) is 28.8 Å². The van der Waals surface area contributed by atoms with Crippen LogP contribution >= 0.6 is 11.6 Å². The van der Waals surface area contributed by atoms with Crippen molar-refractivity contribution in [2.75, 3.05) is 6.54 Å². The second-order valence-corrected chi connectivity index (χ2v) is 7.41. The standard InChI is InChI=1S/C19H15ClF2N8O2/c1-19(18-26-29-30(2)27-18,14-4-3-5-15(20)25-14)9-24-17(31)13-7-12(28-32-13)16-11(22)6-10(21)8-23-16/h3-8H,9H2,1-2H3,(H,24,31). The van der Waals surface area contributed by atoms with Gasteiger partial charge in [-0.3, -0.25) is 4.79 Å². The summed E-state index contributed by atoms with van der Waals surface area (Å²) in [4.78, 5) is 21.9. The molecule has 1 N–H and O–H groups in total. The lowest BCUT2D eigenvalue weighted by Crippen LogP contribution is -2.41. The topological polar surface area (TPSA) is 125 Å². The number of amides is 1. The number of tetrazole rings is 1. The van der Waals surface area contributed by atoms with Crippen LogP contribution in [0.4, 0.5) is 8.78 Å². The van der Waals surface area contributed by atoms with Gasteiger partial charge < -0.3 is 9.84 Å². The minimum absolute atomic E-state index is 0.00403. The number of carbonyl (C=O) groups excluding carboxylic acids is 1. The lowest BCUT2D eigenvalue weighted by molar-refractivity contribution is 0.0909. The monoisotopic (exact) mass is 460 g/mol. The predicted molar refractivity (Wildman–Crippen MR) is 106 cm³/mol. The Morgan fingerprint density at radius 3 is 2.81 bits per heavy atom. The van der Waals surface area contributed by atoms with Gasteiger partial charge in [0.05, 0.1) is 24.4 Å². The maximum atomic E-state index is 13.9. The first-order valence-corrected chi connectivity index (χ1v) is 9.58. The molecule has 10 nitrogen and oxygen atoms in total. The highest BCUT2D eigenvalue weighted by molar-refractivity contribution is 6.29. The highest BCUT2D eigenvalue weighted by Gasteiger charge is 2.36. The minimum Gasteiger partial charge on any atom is -0.350 e. The van der Waals surface area contributed by atoms with Crippen LogP contribution in [0.5, 0.6) is 0 Å². The van der Waals surface area contributed by atoms with Crippen LogP contribution in [0.3, 0.4) is 0 Å². The van der Waals surface area contributed by atoms with Gasteiger partial charge in [0.25, 0.3) is 5.91 Å². The third-order valence-corrected chi connectivity index (χ3v) is 4.88. The zero-order chi connectivity index (χ0) is 22.9. The van der Waals surface area contributed by atoms with Crippen LogP contribution in [-0.4, -0.2) is 47.8 Å². The molecule has 4 aromatic rings. The summed E-state index contributed by atoms with van der Waals surface area (Å²) >= 11 is 6.04. The van der Waals surface area contributed by atoms with E-state index in [1.54, 1.807) is 32.2 Å². The number of pyridine rings is 2. The van der Waals surface area contributed by atoms with E-state index in [0.29, 0.717) is 17.6 Å². The molecule has 0 saturated carbocycles. The van der Waals surface area contributed by atoms with Crippen LogP contribution in [0.1, 0.15) is 29.0 Å². The number of hydrogen-bond donors (Lipinski definition) is 1. The van der Waals surface area contributed by atoms with E-state index in [0.717, 1.165) is 6.20 Å². The summed E-state index contributed by atoms with van der Waals surface area (Å²) < 4.78 is 32.0. The number of aryl methyl sites for hydroxylation is 1. The molecule has 0 saturated heterocycles. The van der Waals surface area contributed by atoms with Crippen LogP contribution in [0.2, 0.25) is 5.15 Å². The van der Waals surface area contributed by atoms with Crippen LogP contribution in [0.15, 0.2) is 41.1 Å². The molecule has 0 aromatic carbocycles. The minimum atomic E-state index is -0.984. The second kappa shape index (κ2) is 8.38. The first-order chi connectivity index (χ1) is 15.3. The van der Waals surface area contributed by atoms with Crippen LogP contribution in [0.25, 0.3) is 11.4 Å². The van der Waals surface area contributed by atoms with Crippen molar-refractivity contribution in [3.63, 3.8) is 0 Å². The van der Waals surface area contributed by atoms with Crippen molar-refractivity contribution in [1.82, 2.24) is 40.6 Å². The number of rotatable bonds is 6. The number of nitrogens with zero attached hydrogens (tertiary/aromatic N) is 7. The quantitative estimate of drug-likeness (QED) is 0.435. The number of halogens is 3. The Morgan fingerprint density at radius 2 is 2.12 bits per heavy atom. The van der Waals surface area contributed by atoms with Gasteiger partial charge in [-0.15, -0.1) is 10.2 Å². The van der Waals surface area contributed by atoms with Crippen molar-refractivity contribution < 1.29 is 18.1 Å². The van der Waals surface area contributed by atoms with E-state index >= 15 is 0 Å². The molecule has 0 aliphatic heterocycles. The largest absolute Gasteiger partial charge is 0.350 e. The van der Waals surface area contributed by atoms with Crippen molar-refractivity contribution in [1.29, 1.82) is 0 Å². The van der Waals surface area contributed by atoms with Crippen molar-refractivity contribution in [3.8, 4) is 11.4 Å². The van der Waals surface area contributed by atoms with Gasteiger partial charge in [0.2, 0.25) is 5.76 Å². The summed E-state index contributed by atoms with van der Waals surface area (Å²) in [6.45, 7) is 1.77. The fraction of sp³-hybridized carbons (Fsp3) is 0.211. The second-order valence-electron chi connectivity index (χ2n) is 7.02. The van der Waals surface area contributed by atoms with Gasteiger partial charge in [-0.05, 0) is 24.3 Å². The number of nitrogens with one attached hydrogen (secondary N) is 1. The Morgan fingerprint density at radius 1 is 1.31 bits per heavy atom. The molecule has 0 radical (unpaired) electrons. The molecule has 13 heteroatoms. The maximum Gasteiger partial charge on any atom is 0.289 e. The van der Waals surface area contributed by atoms with Crippen molar-refractivity contribution in [3.05, 3.63) is 70.6 Å². The van der Waals surface area contributed by atoms with Crippen molar-refractivity contribution in [2.24, 2.45) is 7.05 Å². The normalized spacial score (nSPS) is 13.0. The lowest BCUT2D eigenvalue weighted by atomic mass is 9.85. The van der Waals surface area contributed by atoms with E-state index in [9.17, 15) is 13.6 Å². The molecule has 0 fully saturated rings. The fourth-order valence-corrected chi connectivity index (χ4v) is 3.11. The van der Waals surface area contributed by atoms with E-state index in [4.69, 9.17) is 16.1 Å². The molecule has 0 spiro atoms. The molecule has 1 amide bonds. The molecule has 4 rings (SSSR count). The summed E-state index contributed by atoms with van der Waals surface area (Å²) in [5.74, 6) is -2.29. The highest BCUT2D eigenvalue weighted by Crippen LogP contribution is 2.28. The Hall–Kier alpha value is -3.80. The van der Waals surface area contributed by atoms with Crippen molar-refractivity contribution in [2.45, 2.75) is 12.3 Å². The summed E-state index contributed by atoms with van der Waals surface area (Å²) in [5, 5.41) is 18.8. The van der Waals surface area contributed by atoms with Gasteiger partial charge in [-0.1, -0.05) is 22.8 Å². The van der Waals surface area contributed by atoms with Gasteiger partial charge in [-0.2, -0.15) is 4.80 Å². The fourth-order valence-electron chi connectivity index (χ4n) is 2.95. The molecule has 0 aliphatic rings. The Labute approximate surface area is 184 Å². The van der Waals surface area contributed by atoms with E-state index in [2.05, 4.69) is 35.9 Å².